The Bertz CT molecular complexity index is 377. The Kier molecular flexibility index (Phi) is 4.72. The highest BCUT2D eigenvalue weighted by molar-refractivity contribution is 5.20. The summed E-state index contributed by atoms with van der Waals surface area (Å²) in [4.78, 5) is 2.22. The molecular formula is C15H23FN2. The van der Waals surface area contributed by atoms with Crippen LogP contribution in [0.3, 0.4) is 0 Å². The van der Waals surface area contributed by atoms with Crippen molar-refractivity contribution < 1.29 is 4.39 Å². The van der Waals surface area contributed by atoms with Crippen molar-refractivity contribution in [1.82, 2.24) is 10.2 Å². The van der Waals surface area contributed by atoms with Crippen LogP contribution >= 0.6 is 0 Å². The van der Waals surface area contributed by atoms with Crippen LogP contribution in [0.15, 0.2) is 24.3 Å². The van der Waals surface area contributed by atoms with E-state index in [0.29, 0.717) is 0 Å². The Morgan fingerprint density at radius 3 is 2.78 bits per heavy atom. The summed E-state index contributed by atoms with van der Waals surface area (Å²) in [5.41, 5.74) is 0.787. The quantitative estimate of drug-likeness (QED) is 0.748. The molecule has 0 aromatic heterocycles. The Hall–Kier alpha value is -0.930. The lowest BCUT2D eigenvalue weighted by atomic mass is 10.1. The van der Waals surface area contributed by atoms with E-state index in [1.165, 1.54) is 18.9 Å². The normalized spacial score (nSPS) is 17.1. The van der Waals surface area contributed by atoms with Gasteiger partial charge < -0.3 is 5.32 Å². The standard InChI is InChI=1S/C15H23FN2/c1-12(14-6-3-4-7-15(14)16)18(2)11-5-10-17-13-8-9-13/h3-4,6-7,12-13,17H,5,8-11H2,1-2H3. The van der Waals surface area contributed by atoms with E-state index in [4.69, 9.17) is 0 Å². The minimum Gasteiger partial charge on any atom is -0.314 e. The lowest BCUT2D eigenvalue weighted by Gasteiger charge is -2.25. The van der Waals surface area contributed by atoms with Gasteiger partial charge in [-0.1, -0.05) is 18.2 Å². The van der Waals surface area contributed by atoms with Gasteiger partial charge >= 0.3 is 0 Å². The maximum atomic E-state index is 13.7. The van der Waals surface area contributed by atoms with Gasteiger partial charge in [0.1, 0.15) is 5.82 Å². The minimum absolute atomic E-state index is 0.104. The van der Waals surface area contributed by atoms with Crippen LogP contribution in [-0.2, 0) is 0 Å². The average Bonchev–Trinajstić information content (AvgIpc) is 3.18. The van der Waals surface area contributed by atoms with Gasteiger partial charge in [0.15, 0.2) is 0 Å². The van der Waals surface area contributed by atoms with Crippen molar-refractivity contribution in [2.45, 2.75) is 38.3 Å². The fourth-order valence-electron chi connectivity index (χ4n) is 2.17. The predicted octanol–water partition coefficient (Wildman–Crippen LogP) is 2.96. The van der Waals surface area contributed by atoms with E-state index in [2.05, 4.69) is 24.2 Å². The third-order valence-corrected chi connectivity index (χ3v) is 3.71. The van der Waals surface area contributed by atoms with Gasteiger partial charge in [-0.2, -0.15) is 0 Å². The second kappa shape index (κ2) is 6.30. The van der Waals surface area contributed by atoms with E-state index in [1.807, 2.05) is 12.1 Å². The highest BCUT2D eigenvalue weighted by Crippen LogP contribution is 2.21. The molecule has 3 heteroatoms. The van der Waals surface area contributed by atoms with Crippen molar-refractivity contribution >= 4 is 0 Å². The molecule has 1 N–H and O–H groups in total. The first-order valence-electron chi connectivity index (χ1n) is 6.86. The number of rotatable bonds is 7. The first kappa shape index (κ1) is 13.5. The monoisotopic (exact) mass is 250 g/mol. The second-order valence-corrected chi connectivity index (χ2v) is 5.26. The third kappa shape index (κ3) is 3.79. The van der Waals surface area contributed by atoms with Crippen molar-refractivity contribution in [3.8, 4) is 0 Å². The molecule has 0 aliphatic heterocycles. The lowest BCUT2D eigenvalue weighted by molar-refractivity contribution is 0.252. The Balaban J connectivity index is 1.76. The average molecular weight is 250 g/mol. The summed E-state index contributed by atoms with van der Waals surface area (Å²) in [5.74, 6) is -0.104. The highest BCUT2D eigenvalue weighted by atomic mass is 19.1. The molecular weight excluding hydrogens is 227 g/mol. The van der Waals surface area contributed by atoms with Crippen LogP contribution < -0.4 is 5.32 Å². The SMILES string of the molecule is CC(c1ccccc1F)N(C)CCCNC1CC1. The summed E-state index contributed by atoms with van der Waals surface area (Å²) in [6, 6.07) is 7.96. The molecule has 2 nitrogen and oxygen atoms in total. The Morgan fingerprint density at radius 2 is 2.11 bits per heavy atom. The zero-order valence-corrected chi connectivity index (χ0v) is 11.3. The smallest absolute Gasteiger partial charge is 0.127 e. The molecule has 1 aliphatic rings. The van der Waals surface area contributed by atoms with Crippen molar-refractivity contribution in [2.24, 2.45) is 0 Å². The van der Waals surface area contributed by atoms with Crippen molar-refractivity contribution in [1.29, 1.82) is 0 Å². The first-order chi connectivity index (χ1) is 8.68. The summed E-state index contributed by atoms with van der Waals surface area (Å²) in [6.45, 7) is 4.13. The second-order valence-electron chi connectivity index (χ2n) is 5.26. The van der Waals surface area contributed by atoms with Crippen LogP contribution in [0.4, 0.5) is 4.39 Å². The lowest BCUT2D eigenvalue weighted by Crippen LogP contribution is -2.27. The molecule has 1 aromatic rings. The maximum Gasteiger partial charge on any atom is 0.127 e. The molecule has 0 heterocycles. The molecule has 1 fully saturated rings. The van der Waals surface area contributed by atoms with Crippen LogP contribution in [-0.4, -0.2) is 31.1 Å². The number of benzene rings is 1. The summed E-state index contributed by atoms with van der Waals surface area (Å²) in [7, 11) is 2.06. The summed E-state index contributed by atoms with van der Waals surface area (Å²) in [5, 5.41) is 3.50. The van der Waals surface area contributed by atoms with E-state index in [0.717, 1.165) is 31.1 Å². The van der Waals surface area contributed by atoms with E-state index >= 15 is 0 Å². The van der Waals surface area contributed by atoms with E-state index in [9.17, 15) is 4.39 Å². The van der Waals surface area contributed by atoms with Gasteiger partial charge in [-0.25, -0.2) is 4.39 Å². The van der Waals surface area contributed by atoms with Crippen molar-refractivity contribution in [2.75, 3.05) is 20.1 Å². The molecule has 1 aliphatic carbocycles. The van der Waals surface area contributed by atoms with Crippen LogP contribution in [0.25, 0.3) is 0 Å². The fraction of sp³-hybridized carbons (Fsp3) is 0.600. The van der Waals surface area contributed by atoms with Gasteiger partial charge in [0.2, 0.25) is 0 Å². The number of nitrogens with zero attached hydrogens (tertiary/aromatic N) is 1. The topological polar surface area (TPSA) is 15.3 Å². The first-order valence-corrected chi connectivity index (χ1v) is 6.86. The Labute approximate surface area is 109 Å². The van der Waals surface area contributed by atoms with Gasteiger partial charge in [-0.05, 0) is 52.4 Å². The van der Waals surface area contributed by atoms with Crippen LogP contribution in [0.1, 0.15) is 37.8 Å². The summed E-state index contributed by atoms with van der Waals surface area (Å²) < 4.78 is 13.7. The molecule has 100 valence electrons. The zero-order valence-electron chi connectivity index (χ0n) is 11.3. The van der Waals surface area contributed by atoms with E-state index in [-0.39, 0.29) is 11.9 Å². The van der Waals surface area contributed by atoms with Crippen molar-refractivity contribution in [3.63, 3.8) is 0 Å². The van der Waals surface area contributed by atoms with Gasteiger partial charge in [0.25, 0.3) is 0 Å². The summed E-state index contributed by atoms with van der Waals surface area (Å²) >= 11 is 0. The molecule has 0 amide bonds. The predicted molar refractivity (Wildman–Crippen MR) is 73.1 cm³/mol. The molecule has 1 unspecified atom stereocenters. The minimum atomic E-state index is -0.104. The van der Waals surface area contributed by atoms with E-state index < -0.39 is 0 Å². The molecule has 0 bridgehead atoms. The molecule has 2 rings (SSSR count). The molecule has 18 heavy (non-hydrogen) atoms. The number of hydrogen-bond donors (Lipinski definition) is 1. The van der Waals surface area contributed by atoms with Crippen molar-refractivity contribution in [3.05, 3.63) is 35.6 Å². The fourth-order valence-corrected chi connectivity index (χ4v) is 2.17. The summed E-state index contributed by atoms with van der Waals surface area (Å²) in [6.07, 6.45) is 3.79. The molecule has 1 atom stereocenters. The largest absolute Gasteiger partial charge is 0.314 e. The molecule has 0 spiro atoms. The number of halogens is 1. The zero-order chi connectivity index (χ0) is 13.0. The van der Waals surface area contributed by atoms with Gasteiger partial charge in [0, 0.05) is 17.6 Å². The third-order valence-electron chi connectivity index (χ3n) is 3.71. The molecule has 0 saturated heterocycles. The molecule has 0 radical (unpaired) electrons. The van der Waals surface area contributed by atoms with Gasteiger partial charge in [0.05, 0.1) is 0 Å². The number of hydrogen-bond acceptors (Lipinski definition) is 2. The van der Waals surface area contributed by atoms with Crippen LogP contribution in [0.5, 0.6) is 0 Å². The maximum absolute atomic E-state index is 13.7. The Morgan fingerprint density at radius 1 is 1.39 bits per heavy atom. The van der Waals surface area contributed by atoms with Gasteiger partial charge in [-0.3, -0.25) is 4.90 Å². The number of nitrogens with one attached hydrogen (secondary N) is 1. The molecule has 1 aromatic carbocycles. The van der Waals surface area contributed by atoms with Crippen LogP contribution in [0.2, 0.25) is 0 Å². The highest BCUT2D eigenvalue weighted by Gasteiger charge is 2.20. The molecule has 1 saturated carbocycles. The van der Waals surface area contributed by atoms with Crippen LogP contribution in [0, 0.1) is 5.82 Å². The van der Waals surface area contributed by atoms with E-state index in [1.54, 1.807) is 6.07 Å². The van der Waals surface area contributed by atoms with Gasteiger partial charge in [-0.15, -0.1) is 0 Å².